The van der Waals surface area contributed by atoms with Crippen LogP contribution in [0.2, 0.25) is 0 Å². The summed E-state index contributed by atoms with van der Waals surface area (Å²) in [6.45, 7) is 3.40. The molecule has 0 aromatic carbocycles. The van der Waals surface area contributed by atoms with Crippen LogP contribution in [0.5, 0.6) is 0 Å². The average Bonchev–Trinajstić information content (AvgIpc) is 2.31. The summed E-state index contributed by atoms with van der Waals surface area (Å²) in [5.41, 5.74) is 0. The Morgan fingerprint density at radius 2 is 2.44 bits per heavy atom. The minimum absolute atomic E-state index is 0.754. The van der Waals surface area contributed by atoms with Crippen LogP contribution in [0, 0.1) is 5.92 Å². The molecule has 2 heterocycles. The Morgan fingerprint density at radius 1 is 1.56 bits per heavy atom. The molecule has 0 amide bonds. The highest BCUT2D eigenvalue weighted by atomic mass is 79.9. The number of halogens is 1. The van der Waals surface area contributed by atoms with Crippen molar-refractivity contribution in [2.45, 2.75) is 12.8 Å². The molecular weight excluding hydrogens is 266 g/mol. The molecule has 1 N–H and O–H groups in total. The van der Waals surface area contributed by atoms with E-state index in [1.807, 2.05) is 12.3 Å². The van der Waals surface area contributed by atoms with Crippen LogP contribution in [0.1, 0.15) is 12.8 Å². The summed E-state index contributed by atoms with van der Waals surface area (Å²) in [5, 5.41) is 3.45. The highest BCUT2D eigenvalue weighted by molar-refractivity contribution is 9.10. The standard InChI is InChI=1S/C12H18BrN3/c1-16(9-10-3-2-6-14-7-10)12-5-4-11(13)8-15-12/h4-5,8,10,14H,2-3,6-7,9H2,1H3/t10-/m0/s1. The first kappa shape index (κ1) is 11.9. The zero-order chi connectivity index (χ0) is 11.4. The zero-order valence-electron chi connectivity index (χ0n) is 9.62. The van der Waals surface area contributed by atoms with Crippen LogP contribution in [-0.4, -0.2) is 31.7 Å². The minimum Gasteiger partial charge on any atom is -0.359 e. The third-order valence-electron chi connectivity index (χ3n) is 3.03. The average molecular weight is 284 g/mol. The molecular formula is C12H18BrN3. The smallest absolute Gasteiger partial charge is 0.128 e. The fraction of sp³-hybridized carbons (Fsp3) is 0.583. The SMILES string of the molecule is CN(C[C@H]1CCCNC1)c1ccc(Br)cn1. The third-order valence-corrected chi connectivity index (χ3v) is 3.50. The maximum absolute atomic E-state index is 4.40. The van der Waals surface area contributed by atoms with Gasteiger partial charge >= 0.3 is 0 Å². The molecule has 2 rings (SSSR count). The van der Waals surface area contributed by atoms with E-state index in [0.717, 1.165) is 29.3 Å². The quantitative estimate of drug-likeness (QED) is 0.923. The van der Waals surface area contributed by atoms with Crippen LogP contribution < -0.4 is 10.2 Å². The van der Waals surface area contributed by atoms with Gasteiger partial charge in [-0.05, 0) is 59.9 Å². The number of hydrogen-bond donors (Lipinski definition) is 1. The lowest BCUT2D eigenvalue weighted by Crippen LogP contribution is -2.37. The maximum Gasteiger partial charge on any atom is 0.128 e. The first-order valence-corrected chi connectivity index (χ1v) is 6.58. The summed E-state index contributed by atoms with van der Waals surface area (Å²) >= 11 is 3.40. The van der Waals surface area contributed by atoms with Gasteiger partial charge in [-0.2, -0.15) is 0 Å². The number of piperidine rings is 1. The van der Waals surface area contributed by atoms with Crippen molar-refractivity contribution in [1.82, 2.24) is 10.3 Å². The molecule has 16 heavy (non-hydrogen) atoms. The predicted molar refractivity (Wildman–Crippen MR) is 70.8 cm³/mol. The highest BCUT2D eigenvalue weighted by Gasteiger charge is 2.15. The maximum atomic E-state index is 4.40. The second-order valence-corrected chi connectivity index (χ2v) is 5.34. The molecule has 1 aromatic heterocycles. The number of pyridine rings is 1. The van der Waals surface area contributed by atoms with Gasteiger partial charge in [0.25, 0.3) is 0 Å². The van der Waals surface area contributed by atoms with Gasteiger partial charge in [-0.3, -0.25) is 0 Å². The summed E-state index contributed by atoms with van der Waals surface area (Å²) in [6.07, 6.45) is 4.48. The van der Waals surface area contributed by atoms with E-state index >= 15 is 0 Å². The van der Waals surface area contributed by atoms with Crippen molar-refractivity contribution < 1.29 is 0 Å². The van der Waals surface area contributed by atoms with Crippen molar-refractivity contribution >= 4 is 21.7 Å². The van der Waals surface area contributed by atoms with Crippen molar-refractivity contribution in [3.8, 4) is 0 Å². The predicted octanol–water partition coefficient (Wildman–Crippen LogP) is 2.28. The zero-order valence-corrected chi connectivity index (χ0v) is 11.2. The largest absolute Gasteiger partial charge is 0.359 e. The van der Waals surface area contributed by atoms with E-state index in [4.69, 9.17) is 0 Å². The molecule has 0 unspecified atom stereocenters. The number of nitrogens with one attached hydrogen (secondary N) is 1. The Balaban J connectivity index is 1.91. The number of nitrogens with zero attached hydrogens (tertiary/aromatic N) is 2. The van der Waals surface area contributed by atoms with Gasteiger partial charge in [0.15, 0.2) is 0 Å². The second kappa shape index (κ2) is 5.64. The van der Waals surface area contributed by atoms with Crippen molar-refractivity contribution in [1.29, 1.82) is 0 Å². The monoisotopic (exact) mass is 283 g/mol. The molecule has 88 valence electrons. The normalized spacial score (nSPS) is 20.8. The van der Waals surface area contributed by atoms with Crippen LogP contribution in [-0.2, 0) is 0 Å². The van der Waals surface area contributed by atoms with Gasteiger partial charge in [0, 0.05) is 24.3 Å². The number of rotatable bonds is 3. The van der Waals surface area contributed by atoms with Gasteiger partial charge < -0.3 is 10.2 Å². The molecule has 1 saturated heterocycles. The number of anilines is 1. The van der Waals surface area contributed by atoms with E-state index in [9.17, 15) is 0 Å². The van der Waals surface area contributed by atoms with E-state index in [-0.39, 0.29) is 0 Å². The fourth-order valence-electron chi connectivity index (χ4n) is 2.15. The van der Waals surface area contributed by atoms with E-state index in [0.29, 0.717) is 0 Å². The lowest BCUT2D eigenvalue weighted by Gasteiger charge is -2.28. The van der Waals surface area contributed by atoms with Crippen LogP contribution in [0.25, 0.3) is 0 Å². The molecule has 3 nitrogen and oxygen atoms in total. The molecule has 0 spiro atoms. The first-order chi connectivity index (χ1) is 7.75. The van der Waals surface area contributed by atoms with Crippen LogP contribution >= 0.6 is 15.9 Å². The highest BCUT2D eigenvalue weighted by Crippen LogP contribution is 2.17. The Labute approximate surface area is 105 Å². The van der Waals surface area contributed by atoms with Gasteiger partial charge in [-0.1, -0.05) is 0 Å². The first-order valence-electron chi connectivity index (χ1n) is 5.79. The number of hydrogen-bond acceptors (Lipinski definition) is 3. The molecule has 0 radical (unpaired) electrons. The Hall–Kier alpha value is -0.610. The van der Waals surface area contributed by atoms with Crippen molar-refractivity contribution in [3.63, 3.8) is 0 Å². The van der Waals surface area contributed by atoms with Gasteiger partial charge in [-0.25, -0.2) is 4.98 Å². The minimum atomic E-state index is 0.754. The summed E-state index contributed by atoms with van der Waals surface area (Å²) < 4.78 is 1.03. The topological polar surface area (TPSA) is 28.2 Å². The number of aromatic nitrogens is 1. The molecule has 0 bridgehead atoms. The lowest BCUT2D eigenvalue weighted by molar-refractivity contribution is 0.380. The molecule has 4 heteroatoms. The third kappa shape index (κ3) is 3.19. The van der Waals surface area contributed by atoms with Crippen LogP contribution in [0.15, 0.2) is 22.8 Å². The van der Waals surface area contributed by atoms with Crippen LogP contribution in [0.3, 0.4) is 0 Å². The van der Waals surface area contributed by atoms with E-state index < -0.39 is 0 Å². The summed E-state index contributed by atoms with van der Waals surface area (Å²) in [4.78, 5) is 6.64. The van der Waals surface area contributed by atoms with Gasteiger partial charge in [-0.15, -0.1) is 0 Å². The molecule has 0 saturated carbocycles. The lowest BCUT2D eigenvalue weighted by atomic mass is 9.99. The Bertz CT molecular complexity index is 320. The van der Waals surface area contributed by atoms with Crippen LogP contribution in [0.4, 0.5) is 5.82 Å². The van der Waals surface area contributed by atoms with E-state index in [1.54, 1.807) is 0 Å². The van der Waals surface area contributed by atoms with E-state index in [2.05, 4.69) is 44.2 Å². The summed E-state index contributed by atoms with van der Waals surface area (Å²) in [5.74, 6) is 1.80. The molecule has 1 aromatic rings. The van der Waals surface area contributed by atoms with Gasteiger partial charge in [0.1, 0.15) is 5.82 Å². The van der Waals surface area contributed by atoms with E-state index in [1.165, 1.54) is 19.4 Å². The molecule has 1 aliphatic heterocycles. The van der Waals surface area contributed by atoms with Crippen molar-refractivity contribution in [2.75, 3.05) is 31.6 Å². The molecule has 1 fully saturated rings. The summed E-state index contributed by atoms with van der Waals surface area (Å²) in [6, 6.07) is 4.10. The molecule has 1 atom stereocenters. The van der Waals surface area contributed by atoms with Crippen molar-refractivity contribution in [3.05, 3.63) is 22.8 Å². The van der Waals surface area contributed by atoms with Gasteiger partial charge in [0.05, 0.1) is 0 Å². The fourth-order valence-corrected chi connectivity index (χ4v) is 2.39. The molecule has 1 aliphatic rings. The Morgan fingerprint density at radius 3 is 3.06 bits per heavy atom. The second-order valence-electron chi connectivity index (χ2n) is 4.43. The molecule has 0 aliphatic carbocycles. The summed E-state index contributed by atoms with van der Waals surface area (Å²) in [7, 11) is 2.12. The van der Waals surface area contributed by atoms with Crippen molar-refractivity contribution in [2.24, 2.45) is 5.92 Å². The van der Waals surface area contributed by atoms with Gasteiger partial charge in [0.2, 0.25) is 0 Å². The Kier molecular flexibility index (Phi) is 4.18.